The smallest absolute Gasteiger partial charge is 0.265 e. The van der Waals surface area contributed by atoms with Crippen LogP contribution in [0.4, 0.5) is 11.4 Å². The lowest BCUT2D eigenvalue weighted by molar-refractivity contribution is -0.120. The highest BCUT2D eigenvalue weighted by Crippen LogP contribution is 2.32. The summed E-state index contributed by atoms with van der Waals surface area (Å²) in [6.45, 7) is 3.42. The first-order valence-corrected chi connectivity index (χ1v) is 7.98. The van der Waals surface area contributed by atoms with E-state index in [1.807, 2.05) is 56.4 Å². The molecule has 5 heteroatoms. The SMILES string of the molecule is COc1cc(C)ccc1OCC(=O)N1CCN(C)c2ccccc21. The van der Waals surface area contributed by atoms with Crippen LogP contribution < -0.4 is 19.3 Å². The third kappa shape index (κ3) is 3.15. The largest absolute Gasteiger partial charge is 0.493 e. The molecule has 0 unspecified atom stereocenters. The molecule has 3 rings (SSSR count). The molecule has 0 aliphatic carbocycles. The first kappa shape index (κ1) is 16.2. The number of carbonyl (C=O) groups excluding carboxylic acids is 1. The van der Waals surface area contributed by atoms with Gasteiger partial charge in [0, 0.05) is 20.1 Å². The second-order valence-corrected chi connectivity index (χ2v) is 5.90. The Morgan fingerprint density at radius 2 is 1.83 bits per heavy atom. The fourth-order valence-corrected chi connectivity index (χ4v) is 2.88. The molecule has 0 bridgehead atoms. The van der Waals surface area contributed by atoms with Gasteiger partial charge in [0.15, 0.2) is 18.1 Å². The summed E-state index contributed by atoms with van der Waals surface area (Å²) in [7, 11) is 3.63. The van der Waals surface area contributed by atoms with Crippen molar-refractivity contribution in [1.29, 1.82) is 0 Å². The molecule has 0 aromatic heterocycles. The van der Waals surface area contributed by atoms with Crippen LogP contribution in [0, 0.1) is 6.92 Å². The fourth-order valence-electron chi connectivity index (χ4n) is 2.88. The maximum absolute atomic E-state index is 12.6. The highest BCUT2D eigenvalue weighted by atomic mass is 16.5. The number of benzene rings is 2. The lowest BCUT2D eigenvalue weighted by atomic mass is 10.1. The number of likely N-dealkylation sites (N-methyl/N-ethyl adjacent to an activating group) is 1. The van der Waals surface area contributed by atoms with Crippen LogP contribution in [0.2, 0.25) is 0 Å². The van der Waals surface area contributed by atoms with Gasteiger partial charge >= 0.3 is 0 Å². The van der Waals surface area contributed by atoms with Gasteiger partial charge in [0.1, 0.15) is 0 Å². The normalized spacial score (nSPS) is 13.5. The molecule has 0 radical (unpaired) electrons. The summed E-state index contributed by atoms with van der Waals surface area (Å²) >= 11 is 0. The lowest BCUT2D eigenvalue weighted by Gasteiger charge is -2.35. The van der Waals surface area contributed by atoms with Crippen LogP contribution in [-0.4, -0.2) is 39.8 Å². The molecule has 1 heterocycles. The summed E-state index contributed by atoms with van der Waals surface area (Å²) in [5.74, 6) is 1.17. The van der Waals surface area contributed by atoms with E-state index in [1.165, 1.54) is 0 Å². The van der Waals surface area contributed by atoms with Crippen LogP contribution in [0.25, 0.3) is 0 Å². The number of ether oxygens (including phenoxy) is 2. The van der Waals surface area contributed by atoms with Crippen molar-refractivity contribution in [1.82, 2.24) is 0 Å². The number of carbonyl (C=O) groups is 1. The maximum atomic E-state index is 12.6. The van der Waals surface area contributed by atoms with Gasteiger partial charge in [0.05, 0.1) is 18.5 Å². The molecule has 1 aliphatic rings. The molecule has 0 saturated carbocycles. The molecule has 24 heavy (non-hydrogen) atoms. The number of methoxy groups -OCH3 is 1. The van der Waals surface area contributed by atoms with Crippen molar-refractivity contribution in [2.24, 2.45) is 0 Å². The summed E-state index contributed by atoms with van der Waals surface area (Å²) < 4.78 is 11.0. The Morgan fingerprint density at radius 1 is 1.08 bits per heavy atom. The van der Waals surface area contributed by atoms with Gasteiger partial charge in [-0.25, -0.2) is 0 Å². The van der Waals surface area contributed by atoms with Gasteiger partial charge in [-0.3, -0.25) is 4.79 Å². The van der Waals surface area contributed by atoms with Gasteiger partial charge in [0.2, 0.25) is 0 Å². The predicted octanol–water partition coefficient (Wildman–Crippen LogP) is 2.87. The van der Waals surface area contributed by atoms with Gasteiger partial charge < -0.3 is 19.3 Å². The minimum Gasteiger partial charge on any atom is -0.493 e. The van der Waals surface area contributed by atoms with E-state index in [0.29, 0.717) is 18.0 Å². The predicted molar refractivity (Wildman–Crippen MR) is 95.3 cm³/mol. The number of hydrogen-bond donors (Lipinski definition) is 0. The summed E-state index contributed by atoms with van der Waals surface area (Å²) in [6.07, 6.45) is 0. The number of aryl methyl sites for hydroxylation is 1. The molecule has 0 spiro atoms. The Labute approximate surface area is 142 Å². The molecule has 126 valence electrons. The Kier molecular flexibility index (Phi) is 4.60. The van der Waals surface area contributed by atoms with Crippen LogP contribution in [0.15, 0.2) is 42.5 Å². The third-order valence-corrected chi connectivity index (χ3v) is 4.21. The first-order chi connectivity index (χ1) is 11.6. The number of anilines is 2. The van der Waals surface area contributed by atoms with Gasteiger partial charge in [-0.15, -0.1) is 0 Å². The molecule has 1 aliphatic heterocycles. The molecule has 2 aromatic rings. The zero-order valence-electron chi connectivity index (χ0n) is 14.3. The van der Waals surface area contributed by atoms with Crippen LogP contribution in [0.3, 0.4) is 0 Å². The highest BCUT2D eigenvalue weighted by Gasteiger charge is 2.25. The average Bonchev–Trinajstić information content (AvgIpc) is 2.61. The summed E-state index contributed by atoms with van der Waals surface area (Å²) in [6, 6.07) is 13.6. The number of amides is 1. The van der Waals surface area contributed by atoms with Gasteiger partial charge in [-0.1, -0.05) is 18.2 Å². The number of nitrogens with zero attached hydrogens (tertiary/aromatic N) is 2. The molecular formula is C19H22N2O3. The van der Waals surface area contributed by atoms with E-state index in [0.717, 1.165) is 23.5 Å². The standard InChI is InChI=1S/C19H22N2O3/c1-14-8-9-17(18(12-14)23-3)24-13-19(22)21-11-10-20(2)15-6-4-5-7-16(15)21/h4-9,12H,10-11,13H2,1-3H3. The van der Waals surface area contributed by atoms with Crippen molar-refractivity contribution in [3.05, 3.63) is 48.0 Å². The molecule has 0 fully saturated rings. The first-order valence-electron chi connectivity index (χ1n) is 7.98. The van der Waals surface area contributed by atoms with Crippen LogP contribution in [0.5, 0.6) is 11.5 Å². The summed E-state index contributed by atoms with van der Waals surface area (Å²) in [5, 5.41) is 0. The Hall–Kier alpha value is -2.69. The van der Waals surface area contributed by atoms with Crippen molar-refractivity contribution >= 4 is 17.3 Å². The number of rotatable bonds is 4. The fraction of sp³-hybridized carbons (Fsp3) is 0.316. The number of para-hydroxylation sites is 2. The minimum atomic E-state index is -0.0572. The second kappa shape index (κ2) is 6.83. The second-order valence-electron chi connectivity index (χ2n) is 5.90. The monoisotopic (exact) mass is 326 g/mol. The Morgan fingerprint density at radius 3 is 2.58 bits per heavy atom. The topological polar surface area (TPSA) is 42.0 Å². The molecule has 2 aromatic carbocycles. The van der Waals surface area contributed by atoms with E-state index in [-0.39, 0.29) is 12.5 Å². The summed E-state index contributed by atoms with van der Waals surface area (Å²) in [5.41, 5.74) is 3.07. The zero-order valence-corrected chi connectivity index (χ0v) is 14.3. The Balaban J connectivity index is 1.74. The minimum absolute atomic E-state index is 0.0164. The van der Waals surface area contributed by atoms with E-state index in [9.17, 15) is 4.79 Å². The number of hydrogen-bond acceptors (Lipinski definition) is 4. The molecular weight excluding hydrogens is 304 g/mol. The van der Waals surface area contributed by atoms with Gasteiger partial charge in [-0.2, -0.15) is 0 Å². The molecule has 0 N–H and O–H groups in total. The molecule has 0 atom stereocenters. The van der Waals surface area contributed by atoms with Crippen LogP contribution in [-0.2, 0) is 4.79 Å². The van der Waals surface area contributed by atoms with Crippen molar-refractivity contribution in [2.75, 3.05) is 43.7 Å². The van der Waals surface area contributed by atoms with Crippen LogP contribution >= 0.6 is 0 Å². The van der Waals surface area contributed by atoms with Crippen molar-refractivity contribution in [3.8, 4) is 11.5 Å². The lowest BCUT2D eigenvalue weighted by Crippen LogP contribution is -2.44. The maximum Gasteiger partial charge on any atom is 0.265 e. The van der Waals surface area contributed by atoms with E-state index < -0.39 is 0 Å². The van der Waals surface area contributed by atoms with E-state index in [4.69, 9.17) is 9.47 Å². The Bertz CT molecular complexity index is 745. The zero-order chi connectivity index (χ0) is 17.1. The van der Waals surface area contributed by atoms with Crippen molar-refractivity contribution < 1.29 is 14.3 Å². The highest BCUT2D eigenvalue weighted by molar-refractivity contribution is 5.98. The van der Waals surface area contributed by atoms with E-state index in [2.05, 4.69) is 4.90 Å². The molecule has 0 saturated heterocycles. The van der Waals surface area contributed by atoms with E-state index in [1.54, 1.807) is 12.0 Å². The van der Waals surface area contributed by atoms with Crippen molar-refractivity contribution in [2.45, 2.75) is 6.92 Å². The average molecular weight is 326 g/mol. The van der Waals surface area contributed by atoms with Crippen molar-refractivity contribution in [3.63, 3.8) is 0 Å². The number of fused-ring (bicyclic) bond motifs is 1. The van der Waals surface area contributed by atoms with Gasteiger partial charge in [0.25, 0.3) is 5.91 Å². The third-order valence-electron chi connectivity index (χ3n) is 4.21. The quantitative estimate of drug-likeness (QED) is 0.866. The summed E-state index contributed by atoms with van der Waals surface area (Å²) in [4.78, 5) is 16.6. The van der Waals surface area contributed by atoms with E-state index >= 15 is 0 Å². The molecule has 1 amide bonds. The van der Waals surface area contributed by atoms with Gasteiger partial charge in [-0.05, 0) is 36.8 Å². The molecule has 5 nitrogen and oxygen atoms in total. The van der Waals surface area contributed by atoms with Crippen LogP contribution in [0.1, 0.15) is 5.56 Å².